The molecule has 7 heteroatoms. The van der Waals surface area contributed by atoms with Crippen LogP contribution >= 0.6 is 11.3 Å². The summed E-state index contributed by atoms with van der Waals surface area (Å²) in [6.07, 6.45) is 1.83. The number of aromatic nitrogens is 1. The lowest BCUT2D eigenvalue weighted by Gasteiger charge is -2.38. The molecule has 0 spiro atoms. The van der Waals surface area contributed by atoms with Crippen molar-refractivity contribution in [1.29, 1.82) is 0 Å². The minimum Gasteiger partial charge on any atom is -0.367 e. The minimum absolute atomic E-state index is 0.0597. The van der Waals surface area contributed by atoms with E-state index in [-0.39, 0.29) is 18.0 Å². The molecule has 1 aliphatic rings. The third kappa shape index (κ3) is 4.55. The highest BCUT2D eigenvalue weighted by Gasteiger charge is 2.28. The summed E-state index contributed by atoms with van der Waals surface area (Å²) in [5.41, 5.74) is 0.976. The van der Waals surface area contributed by atoms with E-state index in [0.29, 0.717) is 13.1 Å². The Hall–Kier alpha value is -1.99. The van der Waals surface area contributed by atoms with Gasteiger partial charge in [-0.05, 0) is 31.5 Å². The Morgan fingerprint density at radius 2 is 2.16 bits per heavy atom. The quantitative estimate of drug-likeness (QED) is 0.673. The third-order valence-corrected chi connectivity index (χ3v) is 4.99. The molecule has 25 heavy (non-hydrogen) atoms. The summed E-state index contributed by atoms with van der Waals surface area (Å²) in [6.45, 7) is 6.17. The van der Waals surface area contributed by atoms with E-state index < -0.39 is 0 Å². The number of halogens is 1. The van der Waals surface area contributed by atoms with Gasteiger partial charge in [0.25, 0.3) is 0 Å². The summed E-state index contributed by atoms with van der Waals surface area (Å²) in [4.78, 5) is 12.2. The number of nitrogens with one attached hydrogen (secondary N) is 1. The van der Waals surface area contributed by atoms with Gasteiger partial charge in [0, 0.05) is 24.7 Å². The van der Waals surface area contributed by atoms with Gasteiger partial charge in [0.05, 0.1) is 19.2 Å². The lowest BCUT2D eigenvalue weighted by atomic mass is 10.1. The fraction of sp³-hybridized carbons (Fsp3) is 0.444. The average Bonchev–Trinajstić information content (AvgIpc) is 3.01. The Morgan fingerprint density at radius 3 is 2.80 bits per heavy atom. The number of aliphatic imine (C=N–C) groups is 1. The van der Waals surface area contributed by atoms with Gasteiger partial charge >= 0.3 is 0 Å². The van der Waals surface area contributed by atoms with Crippen molar-refractivity contribution in [3.8, 4) is 0 Å². The maximum atomic E-state index is 13.2. The predicted molar refractivity (Wildman–Crippen MR) is 98.3 cm³/mol. The van der Waals surface area contributed by atoms with E-state index in [0.717, 1.165) is 23.1 Å². The van der Waals surface area contributed by atoms with Crippen molar-refractivity contribution in [2.45, 2.75) is 32.6 Å². The number of ether oxygens (including phenoxy) is 1. The van der Waals surface area contributed by atoms with Crippen LogP contribution in [-0.2, 0) is 11.3 Å². The number of guanidine groups is 1. The molecule has 1 N–H and O–H groups in total. The Labute approximate surface area is 151 Å². The molecule has 0 radical (unpaired) electrons. The second-order valence-corrected chi connectivity index (χ2v) is 7.48. The average molecular weight is 362 g/mol. The smallest absolute Gasteiger partial charge is 0.194 e. The van der Waals surface area contributed by atoms with Gasteiger partial charge in [-0.1, -0.05) is 12.1 Å². The van der Waals surface area contributed by atoms with Gasteiger partial charge in [-0.3, -0.25) is 4.99 Å². The molecule has 2 heterocycles. The van der Waals surface area contributed by atoms with Crippen molar-refractivity contribution < 1.29 is 9.13 Å². The van der Waals surface area contributed by atoms with E-state index >= 15 is 0 Å². The largest absolute Gasteiger partial charge is 0.367 e. The van der Waals surface area contributed by atoms with Gasteiger partial charge in [-0.2, -0.15) is 0 Å². The Kier molecular flexibility index (Phi) is 5.65. The topological polar surface area (TPSA) is 49.8 Å². The third-order valence-electron chi connectivity index (χ3n) is 4.08. The first kappa shape index (κ1) is 17.8. The number of hydrogen-bond donors (Lipinski definition) is 1. The van der Waals surface area contributed by atoms with Gasteiger partial charge in [0.1, 0.15) is 16.9 Å². The number of thiazole rings is 1. The van der Waals surface area contributed by atoms with Gasteiger partial charge < -0.3 is 15.0 Å². The number of morpholine rings is 1. The summed E-state index contributed by atoms with van der Waals surface area (Å²) in [5.74, 6) is 0.593. The molecular formula is C18H23FN4OS. The Balaban J connectivity index is 1.67. The predicted octanol–water partition coefficient (Wildman–Crippen LogP) is 3.13. The van der Waals surface area contributed by atoms with Crippen LogP contribution in [0.3, 0.4) is 0 Å². The molecule has 0 saturated carbocycles. The molecule has 2 unspecified atom stereocenters. The first-order chi connectivity index (χ1) is 12.0. The van der Waals surface area contributed by atoms with Gasteiger partial charge in [0.15, 0.2) is 5.96 Å². The molecule has 134 valence electrons. The standard InChI is InChI=1S/C18H23FN4OS/c1-12-10-23(11-16(24-12)14-4-6-15(19)7-5-14)18(20-3)22-9-17-21-8-13(2)25-17/h4-8,12,16H,9-11H2,1-3H3,(H,20,22). The zero-order chi connectivity index (χ0) is 17.8. The highest BCUT2D eigenvalue weighted by molar-refractivity contribution is 7.11. The van der Waals surface area contributed by atoms with Crippen LogP contribution in [0.25, 0.3) is 0 Å². The fourth-order valence-electron chi connectivity index (χ4n) is 2.96. The summed E-state index contributed by atoms with van der Waals surface area (Å²) >= 11 is 1.68. The van der Waals surface area contributed by atoms with E-state index in [1.165, 1.54) is 17.0 Å². The van der Waals surface area contributed by atoms with Crippen LogP contribution in [0, 0.1) is 12.7 Å². The number of benzene rings is 1. The monoisotopic (exact) mass is 362 g/mol. The molecular weight excluding hydrogens is 339 g/mol. The molecule has 1 saturated heterocycles. The van der Waals surface area contributed by atoms with Crippen LogP contribution < -0.4 is 5.32 Å². The maximum Gasteiger partial charge on any atom is 0.194 e. The van der Waals surface area contributed by atoms with E-state index in [2.05, 4.69) is 20.2 Å². The fourth-order valence-corrected chi connectivity index (χ4v) is 3.68. The highest BCUT2D eigenvalue weighted by atomic mass is 32.1. The first-order valence-electron chi connectivity index (χ1n) is 8.33. The van der Waals surface area contributed by atoms with Gasteiger partial charge in [0.2, 0.25) is 0 Å². The van der Waals surface area contributed by atoms with E-state index in [4.69, 9.17) is 4.74 Å². The zero-order valence-electron chi connectivity index (χ0n) is 14.7. The first-order valence-corrected chi connectivity index (χ1v) is 9.14. The number of hydrogen-bond acceptors (Lipinski definition) is 4. The second kappa shape index (κ2) is 7.93. The zero-order valence-corrected chi connectivity index (χ0v) is 15.5. The molecule has 3 rings (SSSR count). The van der Waals surface area contributed by atoms with Gasteiger partial charge in [-0.15, -0.1) is 11.3 Å². The second-order valence-electron chi connectivity index (χ2n) is 6.16. The van der Waals surface area contributed by atoms with Crippen molar-refractivity contribution in [1.82, 2.24) is 15.2 Å². The van der Waals surface area contributed by atoms with Crippen LogP contribution in [-0.4, -0.2) is 42.1 Å². The van der Waals surface area contributed by atoms with Crippen LogP contribution in [0.1, 0.15) is 28.5 Å². The highest BCUT2D eigenvalue weighted by Crippen LogP contribution is 2.25. The van der Waals surface area contributed by atoms with Crippen molar-refractivity contribution in [3.63, 3.8) is 0 Å². The van der Waals surface area contributed by atoms with Crippen molar-refractivity contribution in [3.05, 3.63) is 51.7 Å². The maximum absolute atomic E-state index is 13.2. The normalized spacial score (nSPS) is 21.4. The van der Waals surface area contributed by atoms with Crippen molar-refractivity contribution in [2.75, 3.05) is 20.1 Å². The number of aryl methyl sites for hydroxylation is 1. The molecule has 2 atom stereocenters. The van der Waals surface area contributed by atoms with Crippen LogP contribution in [0.2, 0.25) is 0 Å². The Bertz CT molecular complexity index is 731. The Morgan fingerprint density at radius 1 is 1.40 bits per heavy atom. The van der Waals surface area contributed by atoms with Crippen LogP contribution in [0.5, 0.6) is 0 Å². The molecule has 1 aromatic heterocycles. The summed E-state index contributed by atoms with van der Waals surface area (Å²) in [5, 5.41) is 4.42. The molecule has 1 aromatic carbocycles. The van der Waals surface area contributed by atoms with E-state index in [9.17, 15) is 4.39 Å². The van der Waals surface area contributed by atoms with E-state index in [1.54, 1.807) is 30.5 Å². The number of nitrogens with zero attached hydrogens (tertiary/aromatic N) is 3. The summed E-state index contributed by atoms with van der Waals surface area (Å²) in [6, 6.07) is 6.51. The molecule has 2 aromatic rings. The minimum atomic E-state index is -0.235. The summed E-state index contributed by atoms with van der Waals surface area (Å²) in [7, 11) is 1.78. The SMILES string of the molecule is CN=C(NCc1ncc(C)s1)N1CC(C)OC(c2ccc(F)cc2)C1. The lowest BCUT2D eigenvalue weighted by Crippen LogP contribution is -2.50. The van der Waals surface area contributed by atoms with Crippen LogP contribution in [0.15, 0.2) is 35.5 Å². The number of rotatable bonds is 3. The van der Waals surface area contributed by atoms with E-state index in [1.807, 2.05) is 20.0 Å². The summed E-state index contributed by atoms with van der Waals surface area (Å²) < 4.78 is 19.2. The van der Waals surface area contributed by atoms with Crippen molar-refractivity contribution >= 4 is 17.3 Å². The molecule has 1 aliphatic heterocycles. The van der Waals surface area contributed by atoms with Crippen molar-refractivity contribution in [2.24, 2.45) is 4.99 Å². The molecule has 0 amide bonds. The van der Waals surface area contributed by atoms with Crippen LogP contribution in [0.4, 0.5) is 4.39 Å². The molecule has 0 aliphatic carbocycles. The molecule has 1 fully saturated rings. The lowest BCUT2D eigenvalue weighted by molar-refractivity contribution is -0.0605. The van der Waals surface area contributed by atoms with Gasteiger partial charge in [-0.25, -0.2) is 9.37 Å². The molecule has 5 nitrogen and oxygen atoms in total. The molecule has 0 bridgehead atoms.